The Hall–Kier alpha value is -1.22. The molecular formula is C6H8Cl4O8. The second-order valence-corrected chi connectivity index (χ2v) is 2.31. The second-order valence-electron chi connectivity index (χ2n) is 1.01. The Balaban J connectivity index is -0.0000000399. The summed E-state index contributed by atoms with van der Waals surface area (Å²) in [5, 5.41) is 28.7. The molecule has 0 aliphatic rings. The van der Waals surface area contributed by atoms with Gasteiger partial charge in [-0.05, 0) is 0 Å². The van der Waals surface area contributed by atoms with Gasteiger partial charge in [0.25, 0.3) is 0 Å². The van der Waals surface area contributed by atoms with Gasteiger partial charge in [-0.25, -0.2) is 19.2 Å². The monoisotopic (exact) mass is 348 g/mol. The summed E-state index contributed by atoms with van der Waals surface area (Å²) in [5.74, 6) is 0. The maximum atomic E-state index is 8.77. The van der Waals surface area contributed by atoms with E-state index < -0.39 is 21.7 Å². The van der Waals surface area contributed by atoms with Gasteiger partial charge in [-0.15, -0.1) is 13.2 Å². The highest BCUT2D eigenvalue weighted by molar-refractivity contribution is 6.61. The van der Waals surface area contributed by atoms with Gasteiger partial charge in [0.2, 0.25) is 0 Å². The average Bonchev–Trinajstić information content (AvgIpc) is 2.01. The van der Waals surface area contributed by atoms with Crippen LogP contribution >= 0.6 is 46.4 Å². The summed E-state index contributed by atoms with van der Waals surface area (Å²) in [5.41, 5.74) is -5.44. The molecule has 0 aliphatic carbocycles. The van der Waals surface area contributed by atoms with Crippen molar-refractivity contribution in [2.45, 2.75) is 0 Å². The van der Waals surface area contributed by atoms with Crippen LogP contribution < -0.4 is 0 Å². The van der Waals surface area contributed by atoms with E-state index in [1.807, 2.05) is 0 Å². The summed E-state index contributed by atoms with van der Waals surface area (Å²) >= 11 is 16.8. The van der Waals surface area contributed by atoms with Crippen molar-refractivity contribution < 1.29 is 39.6 Å². The van der Waals surface area contributed by atoms with E-state index in [2.05, 4.69) is 59.6 Å². The van der Waals surface area contributed by atoms with Crippen molar-refractivity contribution in [3.63, 3.8) is 0 Å². The Bertz CT molecular complexity index is 180. The Morgan fingerprint density at radius 3 is 0.556 bits per heavy atom. The van der Waals surface area contributed by atoms with Gasteiger partial charge in [0.15, 0.2) is 0 Å². The molecule has 0 bridgehead atoms. The average molecular weight is 350 g/mol. The number of carbonyl (C=O) groups is 4. The quantitative estimate of drug-likeness (QED) is 0.370. The summed E-state index contributed by atoms with van der Waals surface area (Å²) in [4.78, 5) is 35.1. The zero-order chi connectivity index (χ0) is 16.3. The van der Waals surface area contributed by atoms with E-state index in [1.165, 1.54) is 0 Å². The van der Waals surface area contributed by atoms with Crippen LogP contribution in [0.2, 0.25) is 0 Å². The fourth-order valence-corrected chi connectivity index (χ4v) is 0. The van der Waals surface area contributed by atoms with Crippen LogP contribution in [0, 0.1) is 0 Å². The first-order valence-electron chi connectivity index (χ1n) is 2.97. The summed E-state index contributed by atoms with van der Waals surface area (Å²) in [6.07, 6.45) is 0. The van der Waals surface area contributed by atoms with Crippen LogP contribution in [0.15, 0.2) is 13.2 Å². The van der Waals surface area contributed by atoms with Crippen LogP contribution in [-0.4, -0.2) is 42.1 Å². The molecule has 18 heavy (non-hydrogen) atoms. The SMILES string of the molecule is C=C.O=C(O)Cl.O=C(O)Cl.O=C(O)Cl.O=C(O)Cl. The van der Waals surface area contributed by atoms with Crippen molar-refractivity contribution >= 4 is 68.1 Å². The Labute approximate surface area is 121 Å². The standard InChI is InChI=1S/C2H4.4CHClO2/c1-2;4*2-1(3)4/h1-2H2;4*(H,3,4). The van der Waals surface area contributed by atoms with Crippen molar-refractivity contribution in [2.75, 3.05) is 0 Å². The van der Waals surface area contributed by atoms with Crippen molar-refractivity contribution in [3.05, 3.63) is 13.2 Å². The molecule has 0 aromatic carbocycles. The first kappa shape index (κ1) is 30.1. The molecule has 0 amide bonds. The normalized spacial score (nSPS) is 5.78. The summed E-state index contributed by atoms with van der Waals surface area (Å²) in [7, 11) is 0. The molecule has 0 aromatic heterocycles. The molecule has 0 heterocycles. The molecule has 0 saturated carbocycles. The lowest BCUT2D eigenvalue weighted by atomic mass is 11.3. The van der Waals surface area contributed by atoms with Gasteiger partial charge in [0, 0.05) is 46.4 Å². The van der Waals surface area contributed by atoms with Gasteiger partial charge >= 0.3 is 21.7 Å². The van der Waals surface area contributed by atoms with Crippen molar-refractivity contribution in [2.24, 2.45) is 0 Å². The molecule has 108 valence electrons. The third-order valence-electron chi connectivity index (χ3n) is 0. The summed E-state index contributed by atoms with van der Waals surface area (Å²) in [6, 6.07) is 0. The summed E-state index contributed by atoms with van der Waals surface area (Å²) in [6.45, 7) is 6.00. The topological polar surface area (TPSA) is 149 Å². The minimum atomic E-state index is -1.36. The van der Waals surface area contributed by atoms with Crippen molar-refractivity contribution in [3.8, 4) is 0 Å². The van der Waals surface area contributed by atoms with Crippen molar-refractivity contribution in [1.82, 2.24) is 0 Å². The zero-order valence-electron chi connectivity index (χ0n) is 8.35. The highest BCUT2D eigenvalue weighted by Gasteiger charge is 1.72. The Morgan fingerprint density at radius 2 is 0.556 bits per heavy atom. The third-order valence-corrected chi connectivity index (χ3v) is 0. The second kappa shape index (κ2) is 29.7. The molecule has 0 aliphatic heterocycles. The molecule has 0 spiro atoms. The van der Waals surface area contributed by atoms with Gasteiger partial charge in [0.1, 0.15) is 0 Å². The van der Waals surface area contributed by atoms with Gasteiger partial charge < -0.3 is 20.4 Å². The maximum absolute atomic E-state index is 8.77. The lowest BCUT2D eigenvalue weighted by Gasteiger charge is -1.55. The molecule has 0 saturated heterocycles. The number of hydrogen-bond acceptors (Lipinski definition) is 4. The lowest BCUT2D eigenvalue weighted by molar-refractivity contribution is 0.219. The highest BCUT2D eigenvalue weighted by atomic mass is 35.5. The van der Waals surface area contributed by atoms with Crippen LogP contribution in [0.25, 0.3) is 0 Å². The minimum Gasteiger partial charge on any atom is -0.469 e. The fourth-order valence-electron chi connectivity index (χ4n) is 0. The molecule has 8 nitrogen and oxygen atoms in total. The third kappa shape index (κ3) is 1890. The van der Waals surface area contributed by atoms with E-state index >= 15 is 0 Å². The first-order valence-corrected chi connectivity index (χ1v) is 4.48. The Kier molecular flexibility index (Phi) is 49.6. The number of halogens is 4. The molecule has 0 unspecified atom stereocenters. The molecule has 4 N–H and O–H groups in total. The fraction of sp³-hybridized carbons (Fsp3) is 0. The van der Waals surface area contributed by atoms with Gasteiger partial charge in [-0.2, -0.15) is 0 Å². The van der Waals surface area contributed by atoms with E-state index in [1.54, 1.807) is 0 Å². The van der Waals surface area contributed by atoms with Crippen LogP contribution in [0.3, 0.4) is 0 Å². The van der Waals surface area contributed by atoms with E-state index in [4.69, 9.17) is 39.6 Å². The largest absolute Gasteiger partial charge is 0.469 e. The Morgan fingerprint density at radius 1 is 0.556 bits per heavy atom. The predicted octanol–water partition coefficient (Wildman–Crippen LogP) is 4.42. The molecule has 0 fully saturated rings. The first-order chi connectivity index (χ1) is 7.93. The van der Waals surface area contributed by atoms with E-state index in [0.717, 1.165) is 0 Å². The maximum Gasteiger partial charge on any atom is 0.401 e. The van der Waals surface area contributed by atoms with E-state index in [0.29, 0.717) is 0 Å². The molecule has 0 rings (SSSR count). The zero-order valence-corrected chi connectivity index (χ0v) is 11.4. The number of hydrogen-bond donors (Lipinski definition) is 4. The molecular weight excluding hydrogens is 342 g/mol. The number of rotatable bonds is 0. The van der Waals surface area contributed by atoms with Gasteiger partial charge in [0.05, 0.1) is 0 Å². The van der Waals surface area contributed by atoms with Gasteiger partial charge in [-0.1, -0.05) is 0 Å². The van der Waals surface area contributed by atoms with Gasteiger partial charge in [-0.3, -0.25) is 0 Å². The molecule has 12 heteroatoms. The molecule has 0 atom stereocenters. The molecule has 0 radical (unpaired) electrons. The minimum absolute atomic E-state index is 1.36. The van der Waals surface area contributed by atoms with Crippen LogP contribution in [0.5, 0.6) is 0 Å². The van der Waals surface area contributed by atoms with E-state index in [-0.39, 0.29) is 0 Å². The number of carboxylic acid groups (broad SMARTS) is 4. The van der Waals surface area contributed by atoms with Crippen molar-refractivity contribution in [1.29, 1.82) is 0 Å². The summed E-state index contributed by atoms with van der Waals surface area (Å²) < 4.78 is 0. The molecule has 0 aromatic rings. The van der Waals surface area contributed by atoms with Crippen LogP contribution in [0.4, 0.5) is 19.2 Å². The lowest BCUT2D eigenvalue weighted by Crippen LogP contribution is -1.66. The van der Waals surface area contributed by atoms with Crippen LogP contribution in [-0.2, 0) is 0 Å². The highest BCUT2D eigenvalue weighted by Crippen LogP contribution is 1.68. The predicted molar refractivity (Wildman–Crippen MR) is 66.8 cm³/mol. The van der Waals surface area contributed by atoms with E-state index in [9.17, 15) is 0 Å². The van der Waals surface area contributed by atoms with Crippen LogP contribution in [0.1, 0.15) is 0 Å². The smallest absolute Gasteiger partial charge is 0.401 e.